The molecule has 2 rings (SSSR count). The number of nitro groups is 1. The van der Waals surface area contributed by atoms with Crippen LogP contribution in [0, 0.1) is 10.1 Å². The summed E-state index contributed by atoms with van der Waals surface area (Å²) in [6.07, 6.45) is -3.92. The smallest absolute Gasteiger partial charge is 0.258 e. The van der Waals surface area contributed by atoms with E-state index < -0.39 is 37.3 Å². The molecule has 0 saturated heterocycles. The fourth-order valence-electron chi connectivity index (χ4n) is 1.85. The Hall–Kier alpha value is -2.95. The van der Waals surface area contributed by atoms with E-state index in [1.54, 1.807) is 4.83 Å². The Labute approximate surface area is 140 Å². The number of hydrazone groups is 1. The molecule has 0 aliphatic heterocycles. The first kappa shape index (κ1) is 18.4. The average molecular weight is 373 g/mol. The molecule has 2 aromatic rings. The van der Waals surface area contributed by atoms with Crippen molar-refractivity contribution in [2.45, 2.75) is 11.1 Å². The van der Waals surface area contributed by atoms with Crippen LogP contribution in [0.4, 0.5) is 18.9 Å². The predicted octanol–water partition coefficient (Wildman–Crippen LogP) is 2.93. The number of halogens is 3. The minimum Gasteiger partial charge on any atom is -0.258 e. The summed E-state index contributed by atoms with van der Waals surface area (Å²) in [4.78, 5) is 11.2. The summed E-state index contributed by atoms with van der Waals surface area (Å²) < 4.78 is 62.5. The third-order valence-electron chi connectivity index (χ3n) is 2.98. The first-order valence-corrected chi connectivity index (χ1v) is 8.05. The number of hydrogen-bond donors (Lipinski definition) is 1. The molecule has 0 bridgehead atoms. The van der Waals surface area contributed by atoms with Gasteiger partial charge in [0.05, 0.1) is 21.6 Å². The Bertz CT molecular complexity index is 927. The molecule has 0 atom stereocenters. The summed E-state index contributed by atoms with van der Waals surface area (Å²) in [5.41, 5.74) is -1.76. The quantitative estimate of drug-likeness (QED) is 0.495. The Balaban J connectivity index is 2.25. The van der Waals surface area contributed by atoms with Gasteiger partial charge in [-0.15, -0.1) is 0 Å². The Morgan fingerprint density at radius 3 is 2.44 bits per heavy atom. The van der Waals surface area contributed by atoms with E-state index in [1.165, 1.54) is 12.1 Å². The summed E-state index contributed by atoms with van der Waals surface area (Å²) in [5.74, 6) is 0. The molecule has 0 saturated carbocycles. The van der Waals surface area contributed by atoms with Crippen molar-refractivity contribution in [2.75, 3.05) is 0 Å². The van der Waals surface area contributed by atoms with Gasteiger partial charge >= 0.3 is 6.18 Å². The molecule has 0 aromatic heterocycles. The van der Waals surface area contributed by atoms with Crippen LogP contribution in [0.2, 0.25) is 0 Å². The molecule has 0 fully saturated rings. The van der Waals surface area contributed by atoms with Gasteiger partial charge in [-0.3, -0.25) is 10.1 Å². The fraction of sp³-hybridized carbons (Fsp3) is 0.0714. The normalized spacial score (nSPS) is 12.3. The van der Waals surface area contributed by atoms with Crippen molar-refractivity contribution in [1.82, 2.24) is 4.83 Å². The van der Waals surface area contributed by atoms with Gasteiger partial charge in [-0.1, -0.05) is 24.3 Å². The van der Waals surface area contributed by atoms with Crippen LogP contribution in [0.5, 0.6) is 0 Å². The zero-order valence-corrected chi connectivity index (χ0v) is 13.1. The summed E-state index contributed by atoms with van der Waals surface area (Å²) in [7, 11) is -4.27. The van der Waals surface area contributed by atoms with Crippen molar-refractivity contribution in [1.29, 1.82) is 0 Å². The lowest BCUT2D eigenvalue weighted by Gasteiger charge is -2.09. The number of non-ortho nitro benzene ring substituents is 1. The minimum atomic E-state index is -4.62. The van der Waals surface area contributed by atoms with Crippen LogP contribution in [0.1, 0.15) is 11.1 Å². The third-order valence-corrected chi connectivity index (χ3v) is 4.20. The molecule has 11 heteroatoms. The number of benzene rings is 2. The zero-order valence-electron chi connectivity index (χ0n) is 12.3. The van der Waals surface area contributed by atoms with Crippen LogP contribution < -0.4 is 4.83 Å². The molecule has 0 aliphatic carbocycles. The Morgan fingerprint density at radius 1 is 1.12 bits per heavy atom. The molecule has 1 N–H and O–H groups in total. The topological polar surface area (TPSA) is 102 Å². The third kappa shape index (κ3) is 4.53. The summed E-state index contributed by atoms with van der Waals surface area (Å²) in [6, 6.07) is 8.64. The number of nitrogens with one attached hydrogen (secondary N) is 1. The van der Waals surface area contributed by atoms with E-state index in [9.17, 15) is 31.7 Å². The molecule has 25 heavy (non-hydrogen) atoms. The van der Waals surface area contributed by atoms with E-state index in [0.717, 1.165) is 36.4 Å². The predicted molar refractivity (Wildman–Crippen MR) is 82.5 cm³/mol. The Morgan fingerprint density at radius 2 is 1.80 bits per heavy atom. The van der Waals surface area contributed by atoms with E-state index >= 15 is 0 Å². The second-order valence-electron chi connectivity index (χ2n) is 4.69. The molecular weight excluding hydrogens is 363 g/mol. The summed E-state index contributed by atoms with van der Waals surface area (Å²) in [5, 5.41) is 14.0. The first-order chi connectivity index (χ1) is 11.6. The van der Waals surface area contributed by atoms with Crippen molar-refractivity contribution < 1.29 is 26.5 Å². The van der Waals surface area contributed by atoms with E-state index in [-0.39, 0.29) is 5.56 Å². The monoisotopic (exact) mass is 373 g/mol. The van der Waals surface area contributed by atoms with Gasteiger partial charge in [0.25, 0.3) is 15.7 Å². The fourth-order valence-corrected chi connectivity index (χ4v) is 2.68. The molecular formula is C14H10F3N3O4S. The van der Waals surface area contributed by atoms with Gasteiger partial charge in [0.15, 0.2) is 0 Å². The minimum absolute atomic E-state index is 0.336. The van der Waals surface area contributed by atoms with Crippen LogP contribution in [0.25, 0.3) is 0 Å². The lowest BCUT2D eigenvalue weighted by Crippen LogP contribution is -2.19. The highest BCUT2D eigenvalue weighted by atomic mass is 32.2. The van der Waals surface area contributed by atoms with Gasteiger partial charge in [-0.2, -0.15) is 26.7 Å². The van der Waals surface area contributed by atoms with E-state index in [2.05, 4.69) is 5.10 Å². The van der Waals surface area contributed by atoms with E-state index in [1.807, 2.05) is 0 Å². The standard InChI is InChI=1S/C14H10F3N3O4S/c15-14(16,17)13-7-2-1-4-10(13)9-18-19-25(23,24)12-6-3-5-11(8-12)20(21)22/h1-9,19H/b18-9-. The van der Waals surface area contributed by atoms with Crippen molar-refractivity contribution in [3.05, 3.63) is 69.8 Å². The Kier molecular flexibility index (Phi) is 5.07. The first-order valence-electron chi connectivity index (χ1n) is 6.57. The summed E-state index contributed by atoms with van der Waals surface area (Å²) in [6.45, 7) is 0. The highest BCUT2D eigenvalue weighted by Crippen LogP contribution is 2.31. The number of alkyl halides is 3. The molecule has 0 aliphatic rings. The number of hydrogen-bond acceptors (Lipinski definition) is 5. The second kappa shape index (κ2) is 6.89. The number of sulfonamides is 1. The van der Waals surface area contributed by atoms with Crippen LogP contribution in [0.15, 0.2) is 58.5 Å². The highest BCUT2D eigenvalue weighted by Gasteiger charge is 2.32. The lowest BCUT2D eigenvalue weighted by atomic mass is 10.1. The SMILES string of the molecule is O=[N+]([O-])c1cccc(S(=O)(=O)N/N=C\c2ccccc2C(F)(F)F)c1. The summed E-state index contributed by atoms with van der Waals surface area (Å²) >= 11 is 0. The molecule has 0 heterocycles. The van der Waals surface area contributed by atoms with Crippen molar-refractivity contribution in [3.63, 3.8) is 0 Å². The highest BCUT2D eigenvalue weighted by molar-refractivity contribution is 7.89. The van der Waals surface area contributed by atoms with Crippen LogP contribution in [-0.2, 0) is 16.2 Å². The molecule has 0 radical (unpaired) electrons. The van der Waals surface area contributed by atoms with Gasteiger partial charge in [0, 0.05) is 17.7 Å². The molecule has 132 valence electrons. The molecule has 0 amide bonds. The van der Waals surface area contributed by atoms with Crippen LogP contribution in [0.3, 0.4) is 0 Å². The van der Waals surface area contributed by atoms with Crippen molar-refractivity contribution in [2.24, 2.45) is 5.10 Å². The van der Waals surface area contributed by atoms with Gasteiger partial charge in [-0.05, 0) is 12.1 Å². The molecule has 7 nitrogen and oxygen atoms in total. The molecule has 2 aromatic carbocycles. The maximum absolute atomic E-state index is 12.8. The largest absolute Gasteiger partial charge is 0.417 e. The lowest BCUT2D eigenvalue weighted by molar-refractivity contribution is -0.385. The van der Waals surface area contributed by atoms with Gasteiger partial charge < -0.3 is 0 Å². The number of nitrogens with zero attached hydrogens (tertiary/aromatic N) is 2. The molecule has 0 unspecified atom stereocenters. The maximum Gasteiger partial charge on any atom is 0.417 e. The van der Waals surface area contributed by atoms with Gasteiger partial charge in [-0.25, -0.2) is 4.83 Å². The van der Waals surface area contributed by atoms with Crippen LogP contribution in [-0.4, -0.2) is 19.6 Å². The van der Waals surface area contributed by atoms with Crippen LogP contribution >= 0.6 is 0 Å². The molecule has 0 spiro atoms. The van der Waals surface area contributed by atoms with E-state index in [0.29, 0.717) is 6.21 Å². The maximum atomic E-state index is 12.8. The number of nitro benzene ring substituents is 1. The van der Waals surface area contributed by atoms with E-state index in [4.69, 9.17) is 0 Å². The van der Waals surface area contributed by atoms with Crippen molar-refractivity contribution >= 4 is 21.9 Å². The number of rotatable bonds is 5. The van der Waals surface area contributed by atoms with Gasteiger partial charge in [0.2, 0.25) is 0 Å². The second-order valence-corrected chi connectivity index (χ2v) is 6.35. The van der Waals surface area contributed by atoms with Gasteiger partial charge in [0.1, 0.15) is 0 Å². The zero-order chi connectivity index (χ0) is 18.7. The average Bonchev–Trinajstić information content (AvgIpc) is 2.54. The van der Waals surface area contributed by atoms with Crippen molar-refractivity contribution in [3.8, 4) is 0 Å².